The average molecular weight is 308 g/mol. The lowest BCUT2D eigenvalue weighted by Crippen LogP contribution is -2.43. The van der Waals surface area contributed by atoms with Gasteiger partial charge in [-0.15, -0.1) is 0 Å². The first-order valence-corrected chi connectivity index (χ1v) is 7.11. The molecule has 0 aliphatic carbocycles. The number of amides is 2. The van der Waals surface area contributed by atoms with E-state index in [1.54, 1.807) is 14.2 Å². The van der Waals surface area contributed by atoms with Crippen LogP contribution in [0.5, 0.6) is 5.75 Å². The molecule has 0 unspecified atom stereocenters. The minimum atomic E-state index is -0.920. The van der Waals surface area contributed by atoms with Gasteiger partial charge in [-0.3, -0.25) is 4.79 Å². The number of rotatable bonds is 7. The van der Waals surface area contributed by atoms with Crippen LogP contribution in [0.2, 0.25) is 0 Å². The van der Waals surface area contributed by atoms with Gasteiger partial charge < -0.3 is 20.1 Å². The van der Waals surface area contributed by atoms with Gasteiger partial charge in [0.05, 0.1) is 13.5 Å². The van der Waals surface area contributed by atoms with Crippen LogP contribution in [0.1, 0.15) is 25.8 Å². The number of aliphatic carboxylic acids is 1. The summed E-state index contributed by atoms with van der Waals surface area (Å²) in [6.07, 6.45) is -0.0663. The summed E-state index contributed by atoms with van der Waals surface area (Å²) in [5, 5.41) is 11.5. The van der Waals surface area contributed by atoms with Crippen molar-refractivity contribution in [1.29, 1.82) is 0 Å². The molecular formula is C16H24N2O4. The maximum atomic E-state index is 12.0. The van der Waals surface area contributed by atoms with Crippen LogP contribution in [-0.2, 0) is 10.2 Å². The van der Waals surface area contributed by atoms with E-state index in [4.69, 9.17) is 9.84 Å². The number of urea groups is 1. The third-order valence-corrected chi connectivity index (χ3v) is 3.54. The first-order valence-electron chi connectivity index (χ1n) is 7.11. The second-order valence-corrected chi connectivity index (χ2v) is 5.84. The molecule has 0 fully saturated rings. The van der Waals surface area contributed by atoms with Gasteiger partial charge in [0.15, 0.2) is 0 Å². The highest BCUT2D eigenvalue weighted by molar-refractivity contribution is 5.75. The molecule has 0 aromatic heterocycles. The monoisotopic (exact) mass is 308 g/mol. The van der Waals surface area contributed by atoms with Crippen molar-refractivity contribution in [3.63, 3.8) is 0 Å². The summed E-state index contributed by atoms with van der Waals surface area (Å²) in [6, 6.07) is 7.44. The summed E-state index contributed by atoms with van der Waals surface area (Å²) in [5.41, 5.74) is 0.790. The van der Waals surface area contributed by atoms with E-state index in [0.29, 0.717) is 6.54 Å². The van der Waals surface area contributed by atoms with Crippen molar-refractivity contribution in [3.8, 4) is 5.75 Å². The molecule has 0 aliphatic heterocycles. The summed E-state index contributed by atoms with van der Waals surface area (Å²) in [6.45, 7) is 4.68. The molecule has 22 heavy (non-hydrogen) atoms. The van der Waals surface area contributed by atoms with E-state index < -0.39 is 5.97 Å². The second-order valence-electron chi connectivity index (χ2n) is 5.84. The van der Waals surface area contributed by atoms with Crippen molar-refractivity contribution in [2.24, 2.45) is 0 Å². The quantitative estimate of drug-likeness (QED) is 0.808. The number of benzene rings is 1. The molecule has 0 radical (unpaired) electrons. The van der Waals surface area contributed by atoms with Crippen LogP contribution < -0.4 is 10.1 Å². The van der Waals surface area contributed by atoms with Crippen molar-refractivity contribution in [2.45, 2.75) is 25.7 Å². The number of carbonyl (C=O) groups excluding carboxylic acids is 1. The number of ether oxygens (including phenoxy) is 1. The summed E-state index contributed by atoms with van der Waals surface area (Å²) in [4.78, 5) is 23.8. The molecule has 0 bridgehead atoms. The zero-order valence-corrected chi connectivity index (χ0v) is 13.5. The lowest BCUT2D eigenvalue weighted by atomic mass is 9.84. The van der Waals surface area contributed by atoms with E-state index >= 15 is 0 Å². The number of carboxylic acid groups (broad SMARTS) is 1. The van der Waals surface area contributed by atoms with Gasteiger partial charge in [-0.2, -0.15) is 0 Å². The molecule has 6 heteroatoms. The standard InChI is InChI=1S/C16H24N2O4/c1-16(2,12-6-5-7-13(10-12)22-4)11-17-15(21)18(3)9-8-14(19)20/h5-7,10H,8-9,11H2,1-4H3,(H,17,21)(H,19,20). The van der Waals surface area contributed by atoms with Crippen LogP contribution in [0.4, 0.5) is 4.79 Å². The predicted molar refractivity (Wildman–Crippen MR) is 84.3 cm³/mol. The topological polar surface area (TPSA) is 78.9 Å². The van der Waals surface area contributed by atoms with Crippen molar-refractivity contribution in [3.05, 3.63) is 29.8 Å². The highest BCUT2D eigenvalue weighted by Gasteiger charge is 2.22. The van der Waals surface area contributed by atoms with Crippen LogP contribution in [0.25, 0.3) is 0 Å². The lowest BCUT2D eigenvalue weighted by Gasteiger charge is -2.27. The van der Waals surface area contributed by atoms with Crippen LogP contribution in [0.3, 0.4) is 0 Å². The Morgan fingerprint density at radius 3 is 2.64 bits per heavy atom. The minimum absolute atomic E-state index is 0.0663. The summed E-state index contributed by atoms with van der Waals surface area (Å²) < 4.78 is 5.22. The first-order chi connectivity index (χ1) is 10.3. The minimum Gasteiger partial charge on any atom is -0.497 e. The van der Waals surface area contributed by atoms with E-state index in [9.17, 15) is 9.59 Å². The van der Waals surface area contributed by atoms with Crippen LogP contribution in [0, 0.1) is 0 Å². The van der Waals surface area contributed by atoms with Gasteiger partial charge in [0.25, 0.3) is 0 Å². The van der Waals surface area contributed by atoms with E-state index in [1.165, 1.54) is 4.90 Å². The highest BCUT2D eigenvalue weighted by Crippen LogP contribution is 2.25. The largest absolute Gasteiger partial charge is 0.497 e. The number of hydrogen-bond acceptors (Lipinski definition) is 3. The third kappa shape index (κ3) is 5.27. The Kier molecular flexibility index (Phi) is 6.22. The van der Waals surface area contributed by atoms with Gasteiger partial charge in [0.1, 0.15) is 5.75 Å². The van der Waals surface area contributed by atoms with E-state index in [-0.39, 0.29) is 24.4 Å². The molecular weight excluding hydrogens is 284 g/mol. The summed E-state index contributed by atoms with van der Waals surface area (Å²) >= 11 is 0. The Labute approximate surface area is 131 Å². The molecule has 0 saturated carbocycles. The van der Waals surface area contributed by atoms with Gasteiger partial charge in [0.2, 0.25) is 0 Å². The Hall–Kier alpha value is -2.24. The second kappa shape index (κ2) is 7.68. The lowest BCUT2D eigenvalue weighted by molar-refractivity contribution is -0.137. The molecule has 0 spiro atoms. The Balaban J connectivity index is 2.60. The number of nitrogens with zero attached hydrogens (tertiary/aromatic N) is 1. The van der Waals surface area contributed by atoms with Crippen molar-refractivity contribution < 1.29 is 19.4 Å². The number of hydrogen-bond donors (Lipinski definition) is 2. The molecule has 0 heterocycles. The Morgan fingerprint density at radius 1 is 1.36 bits per heavy atom. The number of carboxylic acids is 1. The third-order valence-electron chi connectivity index (χ3n) is 3.54. The Morgan fingerprint density at radius 2 is 2.05 bits per heavy atom. The number of methoxy groups -OCH3 is 1. The molecule has 0 atom stereocenters. The van der Waals surface area contributed by atoms with Gasteiger partial charge in [-0.05, 0) is 17.7 Å². The van der Waals surface area contributed by atoms with Gasteiger partial charge in [0, 0.05) is 25.6 Å². The smallest absolute Gasteiger partial charge is 0.317 e. The zero-order chi connectivity index (χ0) is 16.8. The van der Waals surface area contributed by atoms with Crippen LogP contribution in [0.15, 0.2) is 24.3 Å². The van der Waals surface area contributed by atoms with Crippen LogP contribution >= 0.6 is 0 Å². The van der Waals surface area contributed by atoms with Crippen LogP contribution in [-0.4, -0.2) is 49.3 Å². The first kappa shape index (κ1) is 17.8. The molecule has 1 aromatic carbocycles. The zero-order valence-electron chi connectivity index (χ0n) is 13.5. The molecule has 6 nitrogen and oxygen atoms in total. The fraction of sp³-hybridized carbons (Fsp3) is 0.500. The molecule has 122 valence electrons. The fourth-order valence-electron chi connectivity index (χ4n) is 1.94. The highest BCUT2D eigenvalue weighted by atomic mass is 16.5. The number of carbonyl (C=O) groups is 2. The van der Waals surface area contributed by atoms with E-state index in [2.05, 4.69) is 5.32 Å². The van der Waals surface area contributed by atoms with E-state index in [0.717, 1.165) is 11.3 Å². The summed E-state index contributed by atoms with van der Waals surface area (Å²) in [7, 11) is 3.20. The Bertz CT molecular complexity index is 529. The molecule has 2 N–H and O–H groups in total. The predicted octanol–water partition coefficient (Wildman–Crippen LogP) is 2.09. The maximum Gasteiger partial charge on any atom is 0.317 e. The molecule has 0 saturated heterocycles. The van der Waals surface area contributed by atoms with Crippen molar-refractivity contribution >= 4 is 12.0 Å². The number of nitrogens with one attached hydrogen (secondary N) is 1. The van der Waals surface area contributed by atoms with Crippen molar-refractivity contribution in [1.82, 2.24) is 10.2 Å². The SMILES string of the molecule is COc1cccc(C(C)(C)CNC(=O)N(C)CCC(=O)O)c1. The molecule has 1 aromatic rings. The normalized spacial score (nSPS) is 10.9. The maximum absolute atomic E-state index is 12.0. The van der Waals surface area contributed by atoms with Gasteiger partial charge in [-0.1, -0.05) is 26.0 Å². The summed E-state index contributed by atoms with van der Waals surface area (Å²) in [5.74, 6) is -0.146. The molecule has 0 aliphatic rings. The van der Waals surface area contributed by atoms with Gasteiger partial charge >= 0.3 is 12.0 Å². The molecule has 2 amide bonds. The molecule has 1 rings (SSSR count). The fourth-order valence-corrected chi connectivity index (χ4v) is 1.94. The average Bonchev–Trinajstić information content (AvgIpc) is 2.50. The van der Waals surface area contributed by atoms with E-state index in [1.807, 2.05) is 38.1 Å². The van der Waals surface area contributed by atoms with Crippen molar-refractivity contribution in [2.75, 3.05) is 27.2 Å². The van der Waals surface area contributed by atoms with Gasteiger partial charge in [-0.25, -0.2) is 4.79 Å².